The van der Waals surface area contributed by atoms with Gasteiger partial charge in [-0.1, -0.05) is 19.3 Å². The molecule has 1 fully saturated rings. The molecule has 0 spiro atoms. The summed E-state index contributed by atoms with van der Waals surface area (Å²) in [6.45, 7) is -0.604. The van der Waals surface area contributed by atoms with E-state index in [-0.39, 0.29) is 17.4 Å². The highest BCUT2D eigenvalue weighted by Gasteiger charge is 2.26. The molecule has 11 heteroatoms. The van der Waals surface area contributed by atoms with Crippen molar-refractivity contribution in [2.75, 3.05) is 39.9 Å². The number of esters is 1. The number of hydrogen-bond donors (Lipinski definition) is 2. The van der Waals surface area contributed by atoms with Crippen molar-refractivity contribution in [1.82, 2.24) is 10.6 Å². The fourth-order valence-electron chi connectivity index (χ4n) is 3.82. The zero-order chi connectivity index (χ0) is 25.8. The van der Waals surface area contributed by atoms with Crippen LogP contribution in [0.15, 0.2) is 12.1 Å². The van der Waals surface area contributed by atoms with Crippen LogP contribution >= 0.6 is 11.8 Å². The van der Waals surface area contributed by atoms with Gasteiger partial charge < -0.3 is 24.3 Å². The summed E-state index contributed by atoms with van der Waals surface area (Å²) >= 11 is 1.50. The molecule has 0 radical (unpaired) electrons. The maximum absolute atomic E-state index is 12.9. The molecule has 0 unspecified atom stereocenters. The van der Waals surface area contributed by atoms with Gasteiger partial charge in [0, 0.05) is 11.5 Å². The summed E-state index contributed by atoms with van der Waals surface area (Å²) in [6.07, 6.45) is 6.68. The van der Waals surface area contributed by atoms with E-state index in [4.69, 9.17) is 18.9 Å². The van der Waals surface area contributed by atoms with E-state index >= 15 is 0 Å². The van der Waals surface area contributed by atoms with E-state index in [2.05, 4.69) is 10.6 Å². The highest BCUT2D eigenvalue weighted by atomic mass is 32.2. The maximum Gasteiger partial charge on any atom is 0.329 e. The smallest absolute Gasteiger partial charge is 0.329 e. The number of methoxy groups -OCH3 is 3. The Morgan fingerprint density at radius 1 is 1.00 bits per heavy atom. The predicted octanol–water partition coefficient (Wildman–Crippen LogP) is 2.33. The average molecular weight is 511 g/mol. The number of carbonyl (C=O) groups is 4. The molecule has 10 nitrogen and oxygen atoms in total. The van der Waals surface area contributed by atoms with Crippen LogP contribution in [0.3, 0.4) is 0 Å². The van der Waals surface area contributed by atoms with Crippen molar-refractivity contribution < 1.29 is 38.1 Å². The van der Waals surface area contributed by atoms with E-state index < -0.39 is 30.4 Å². The molecule has 1 atom stereocenters. The summed E-state index contributed by atoms with van der Waals surface area (Å²) in [4.78, 5) is 50.0. The first-order chi connectivity index (χ1) is 16.8. The number of hydrogen-bond acceptors (Lipinski definition) is 9. The molecule has 2 rings (SSSR count). The van der Waals surface area contributed by atoms with Gasteiger partial charge in [0.15, 0.2) is 18.1 Å². The van der Waals surface area contributed by atoms with E-state index in [1.807, 2.05) is 6.26 Å². The van der Waals surface area contributed by atoms with Gasteiger partial charge in [-0.15, -0.1) is 0 Å². The summed E-state index contributed by atoms with van der Waals surface area (Å²) < 4.78 is 20.9. The Bertz CT molecular complexity index is 877. The molecule has 1 aliphatic carbocycles. The largest absolute Gasteiger partial charge is 0.493 e. The van der Waals surface area contributed by atoms with E-state index in [9.17, 15) is 19.2 Å². The average Bonchev–Trinajstić information content (AvgIpc) is 2.88. The van der Waals surface area contributed by atoms with Gasteiger partial charge >= 0.3 is 5.97 Å². The number of imide groups is 1. The second-order valence-corrected chi connectivity index (χ2v) is 9.06. The number of amides is 3. The van der Waals surface area contributed by atoms with Crippen molar-refractivity contribution in [3.63, 3.8) is 0 Å². The molecular weight excluding hydrogens is 476 g/mol. The minimum atomic E-state index is -0.990. The minimum Gasteiger partial charge on any atom is -0.493 e. The highest BCUT2D eigenvalue weighted by Crippen LogP contribution is 2.38. The Morgan fingerprint density at radius 2 is 1.63 bits per heavy atom. The van der Waals surface area contributed by atoms with Crippen LogP contribution in [0.5, 0.6) is 17.2 Å². The van der Waals surface area contributed by atoms with Gasteiger partial charge in [0.25, 0.3) is 11.8 Å². The third kappa shape index (κ3) is 8.34. The SMILES string of the molecule is COc1cc(C(=O)N[C@H](CCSC)C(=O)OCC(=O)NC(=O)C2CCCCC2)cc(OC)c1OC. The van der Waals surface area contributed by atoms with Gasteiger partial charge in [-0.25, -0.2) is 4.79 Å². The topological polar surface area (TPSA) is 129 Å². The molecule has 1 saturated carbocycles. The van der Waals surface area contributed by atoms with Crippen molar-refractivity contribution in [1.29, 1.82) is 0 Å². The van der Waals surface area contributed by atoms with E-state index in [0.717, 1.165) is 32.1 Å². The molecule has 1 aromatic carbocycles. The molecule has 0 bridgehead atoms. The van der Waals surface area contributed by atoms with Crippen LogP contribution in [-0.2, 0) is 19.1 Å². The van der Waals surface area contributed by atoms with Gasteiger partial charge in [0.05, 0.1) is 21.3 Å². The second-order valence-electron chi connectivity index (χ2n) is 8.08. The lowest BCUT2D eigenvalue weighted by molar-refractivity contribution is -0.151. The zero-order valence-corrected chi connectivity index (χ0v) is 21.5. The van der Waals surface area contributed by atoms with E-state index in [1.165, 1.54) is 45.2 Å². The van der Waals surface area contributed by atoms with Crippen molar-refractivity contribution in [2.24, 2.45) is 5.92 Å². The lowest BCUT2D eigenvalue weighted by atomic mass is 9.89. The summed E-state index contributed by atoms with van der Waals surface area (Å²) in [5, 5.41) is 4.95. The summed E-state index contributed by atoms with van der Waals surface area (Å²) in [7, 11) is 4.32. The van der Waals surface area contributed by atoms with Gasteiger partial charge in [-0.3, -0.25) is 19.7 Å². The van der Waals surface area contributed by atoms with Crippen LogP contribution in [0.4, 0.5) is 0 Å². The Labute approximate surface area is 209 Å². The van der Waals surface area contributed by atoms with Crippen LogP contribution in [0.25, 0.3) is 0 Å². The van der Waals surface area contributed by atoms with Crippen molar-refractivity contribution >= 4 is 35.5 Å². The van der Waals surface area contributed by atoms with Crippen LogP contribution in [-0.4, -0.2) is 69.7 Å². The molecule has 0 saturated heterocycles. The first-order valence-electron chi connectivity index (χ1n) is 11.4. The molecule has 194 valence electrons. The summed E-state index contributed by atoms with van der Waals surface area (Å²) in [5.41, 5.74) is 0.192. The molecule has 0 heterocycles. The molecule has 2 N–H and O–H groups in total. The quantitative estimate of drug-likeness (QED) is 0.407. The first-order valence-corrected chi connectivity index (χ1v) is 12.8. The number of nitrogens with one attached hydrogen (secondary N) is 2. The van der Waals surface area contributed by atoms with Crippen LogP contribution in [0, 0.1) is 5.92 Å². The third-order valence-electron chi connectivity index (χ3n) is 5.71. The molecule has 0 aromatic heterocycles. The lowest BCUT2D eigenvalue weighted by Crippen LogP contribution is -2.44. The van der Waals surface area contributed by atoms with E-state index in [1.54, 1.807) is 0 Å². The van der Waals surface area contributed by atoms with Gasteiger partial charge in [-0.2, -0.15) is 11.8 Å². The molecule has 35 heavy (non-hydrogen) atoms. The third-order valence-corrected chi connectivity index (χ3v) is 6.36. The maximum atomic E-state index is 12.9. The van der Waals surface area contributed by atoms with Gasteiger partial charge in [0.2, 0.25) is 11.7 Å². The Morgan fingerprint density at radius 3 is 2.17 bits per heavy atom. The molecule has 1 aromatic rings. The van der Waals surface area contributed by atoms with Crippen LogP contribution < -0.4 is 24.8 Å². The fraction of sp³-hybridized carbons (Fsp3) is 0.583. The van der Waals surface area contributed by atoms with Crippen molar-refractivity contribution in [3.8, 4) is 17.2 Å². The lowest BCUT2D eigenvalue weighted by Gasteiger charge is -2.20. The molecular formula is C24H34N2O8S. The monoisotopic (exact) mass is 510 g/mol. The van der Waals surface area contributed by atoms with Gasteiger partial charge in [0.1, 0.15) is 6.04 Å². The first kappa shape index (κ1) is 28.3. The molecule has 0 aliphatic heterocycles. The van der Waals surface area contributed by atoms with Crippen LogP contribution in [0.1, 0.15) is 48.9 Å². The number of thioether (sulfide) groups is 1. The Kier molecular flexibility index (Phi) is 11.7. The standard InChI is InChI=1S/C24H34N2O8S/c1-31-18-12-16(13-19(32-2)21(18)33-3)23(29)25-17(10-11-35-4)24(30)34-14-20(27)26-22(28)15-8-6-5-7-9-15/h12-13,15,17H,5-11,14H2,1-4H3,(H,25,29)(H,26,27,28)/t17-/m1/s1. The van der Waals surface area contributed by atoms with E-state index in [0.29, 0.717) is 29.4 Å². The zero-order valence-electron chi connectivity index (χ0n) is 20.6. The van der Waals surface area contributed by atoms with Crippen LogP contribution in [0.2, 0.25) is 0 Å². The number of rotatable bonds is 12. The number of carbonyl (C=O) groups excluding carboxylic acids is 4. The summed E-state index contributed by atoms with van der Waals surface area (Å²) in [6, 6.07) is 1.95. The number of ether oxygens (including phenoxy) is 4. The second kappa shape index (κ2) is 14.4. The normalized spacial score (nSPS) is 14.4. The fourth-order valence-corrected chi connectivity index (χ4v) is 4.29. The van der Waals surface area contributed by atoms with Crippen molar-refractivity contribution in [2.45, 2.75) is 44.6 Å². The number of benzene rings is 1. The molecule has 1 aliphatic rings. The van der Waals surface area contributed by atoms with Gasteiger partial charge in [-0.05, 0) is 43.4 Å². The minimum absolute atomic E-state index is 0.185. The predicted molar refractivity (Wildman–Crippen MR) is 131 cm³/mol. The highest BCUT2D eigenvalue weighted by molar-refractivity contribution is 7.98. The Balaban J connectivity index is 2.01. The van der Waals surface area contributed by atoms with Crippen molar-refractivity contribution in [3.05, 3.63) is 17.7 Å². The Hall–Kier alpha value is -2.95. The molecule has 3 amide bonds. The summed E-state index contributed by atoms with van der Waals surface area (Å²) in [5.74, 6) is -1.03.